The lowest BCUT2D eigenvalue weighted by Crippen LogP contribution is -2.33. The molecule has 0 spiro atoms. The highest BCUT2D eigenvalue weighted by atomic mass is 19.4. The van der Waals surface area contributed by atoms with E-state index in [9.17, 15) is 23.1 Å². The summed E-state index contributed by atoms with van der Waals surface area (Å²) < 4.78 is 37.3. The van der Waals surface area contributed by atoms with Crippen LogP contribution in [0.5, 0.6) is 5.75 Å². The third kappa shape index (κ3) is 3.11. The Labute approximate surface area is 99.3 Å². The summed E-state index contributed by atoms with van der Waals surface area (Å²) in [7, 11) is 0. The van der Waals surface area contributed by atoms with Gasteiger partial charge in [-0.25, -0.2) is 0 Å². The lowest BCUT2D eigenvalue weighted by Gasteiger charge is -2.17. The van der Waals surface area contributed by atoms with Crippen molar-refractivity contribution < 1.29 is 33.3 Å². The van der Waals surface area contributed by atoms with E-state index in [2.05, 4.69) is 0 Å². The molecule has 8 heteroatoms. The zero-order valence-electron chi connectivity index (χ0n) is 8.85. The molecule has 0 saturated heterocycles. The molecular weight excluding hydrogens is 255 g/mol. The van der Waals surface area contributed by atoms with Crippen molar-refractivity contribution in [2.75, 3.05) is 0 Å². The molecule has 0 aliphatic rings. The van der Waals surface area contributed by atoms with Crippen LogP contribution in [0.1, 0.15) is 17.2 Å². The second-order valence-electron chi connectivity index (χ2n) is 3.60. The topological polar surface area (TPSA) is 104 Å². The van der Waals surface area contributed by atoms with Crippen molar-refractivity contribution in [3.63, 3.8) is 0 Å². The summed E-state index contributed by atoms with van der Waals surface area (Å²) in [6, 6.07) is 1.76. The molecule has 5 nitrogen and oxygen atoms in total. The Kier molecular flexibility index (Phi) is 3.82. The number of phenolic OH excluding ortho intramolecular Hbond substituents is 1. The molecule has 0 aromatic heterocycles. The van der Waals surface area contributed by atoms with E-state index >= 15 is 0 Å². The fraction of sp³-hybridized carbons (Fsp3) is 0.300. The van der Waals surface area contributed by atoms with Crippen LogP contribution in [0, 0.1) is 0 Å². The number of nitrogens with two attached hydrogens (primary N) is 1. The van der Waals surface area contributed by atoms with Crippen LogP contribution < -0.4 is 5.73 Å². The molecule has 0 heterocycles. The fourth-order valence-electron chi connectivity index (χ4n) is 1.31. The number of benzene rings is 1. The monoisotopic (exact) mass is 265 g/mol. The molecule has 0 saturated carbocycles. The lowest BCUT2D eigenvalue weighted by atomic mass is 10.0. The quantitative estimate of drug-likeness (QED) is 0.630. The number of primary amides is 1. The van der Waals surface area contributed by atoms with Gasteiger partial charge in [0.15, 0.2) is 6.10 Å². The average Bonchev–Trinajstić information content (AvgIpc) is 2.24. The molecule has 1 aromatic rings. The number of carbonyl (C=O) groups excluding carboxylic acids is 1. The Balaban J connectivity index is 3.18. The van der Waals surface area contributed by atoms with Gasteiger partial charge in [0.05, 0.1) is 5.56 Å². The zero-order chi connectivity index (χ0) is 14.1. The SMILES string of the molecule is NC(=O)C(O)C(O)c1cc(O)cc(C(F)(F)F)c1. The molecule has 2 atom stereocenters. The maximum atomic E-state index is 12.4. The predicted octanol–water partition coefficient (Wildman–Crippen LogP) is 0.291. The first-order valence-corrected chi connectivity index (χ1v) is 4.69. The number of hydrogen-bond acceptors (Lipinski definition) is 4. The molecule has 1 rings (SSSR count). The van der Waals surface area contributed by atoms with Gasteiger partial charge in [-0.1, -0.05) is 0 Å². The highest BCUT2D eigenvalue weighted by Gasteiger charge is 2.33. The van der Waals surface area contributed by atoms with Gasteiger partial charge in [-0.05, 0) is 23.8 Å². The zero-order valence-corrected chi connectivity index (χ0v) is 8.85. The van der Waals surface area contributed by atoms with E-state index in [0.29, 0.717) is 12.1 Å². The van der Waals surface area contributed by atoms with Gasteiger partial charge in [-0.2, -0.15) is 13.2 Å². The molecule has 0 aliphatic heterocycles. The summed E-state index contributed by atoms with van der Waals surface area (Å²) in [5.74, 6) is -2.05. The van der Waals surface area contributed by atoms with Crippen molar-refractivity contribution in [2.45, 2.75) is 18.4 Å². The Hall–Kier alpha value is -1.80. The van der Waals surface area contributed by atoms with Gasteiger partial charge in [-0.15, -0.1) is 0 Å². The minimum absolute atomic E-state index is 0.451. The molecule has 0 fully saturated rings. The summed E-state index contributed by atoms with van der Waals surface area (Å²) in [6.45, 7) is 0. The molecular formula is C10H10F3NO4. The van der Waals surface area contributed by atoms with Crippen LogP contribution in [-0.4, -0.2) is 27.3 Å². The number of rotatable bonds is 3. The van der Waals surface area contributed by atoms with Crippen LogP contribution in [0.15, 0.2) is 18.2 Å². The number of alkyl halides is 3. The van der Waals surface area contributed by atoms with Gasteiger partial charge in [0, 0.05) is 0 Å². The Morgan fingerprint density at radius 1 is 1.22 bits per heavy atom. The van der Waals surface area contributed by atoms with Gasteiger partial charge in [0.25, 0.3) is 0 Å². The number of amides is 1. The summed E-state index contributed by atoms with van der Waals surface area (Å²) in [4.78, 5) is 10.6. The van der Waals surface area contributed by atoms with Crippen molar-refractivity contribution in [2.24, 2.45) is 5.73 Å². The Bertz CT molecular complexity index is 461. The normalized spacial score (nSPS) is 15.2. The fourth-order valence-corrected chi connectivity index (χ4v) is 1.31. The van der Waals surface area contributed by atoms with Crippen molar-refractivity contribution in [1.29, 1.82) is 0 Å². The first kappa shape index (κ1) is 14.3. The van der Waals surface area contributed by atoms with Gasteiger partial charge in [0.2, 0.25) is 5.91 Å². The lowest BCUT2D eigenvalue weighted by molar-refractivity contribution is -0.137. The van der Waals surface area contributed by atoms with Crippen LogP contribution in [0.25, 0.3) is 0 Å². The van der Waals surface area contributed by atoms with E-state index in [1.165, 1.54) is 0 Å². The molecule has 18 heavy (non-hydrogen) atoms. The maximum Gasteiger partial charge on any atom is 0.416 e. The molecule has 0 bridgehead atoms. The molecule has 2 unspecified atom stereocenters. The highest BCUT2D eigenvalue weighted by Crippen LogP contribution is 2.34. The number of aliphatic hydroxyl groups is 2. The van der Waals surface area contributed by atoms with E-state index in [0.717, 1.165) is 6.07 Å². The number of phenols is 1. The predicted molar refractivity (Wildman–Crippen MR) is 53.3 cm³/mol. The molecule has 5 N–H and O–H groups in total. The first-order valence-electron chi connectivity index (χ1n) is 4.69. The molecule has 0 aliphatic carbocycles. The average molecular weight is 265 g/mol. The third-order valence-corrected chi connectivity index (χ3v) is 2.20. The van der Waals surface area contributed by atoms with Crippen molar-refractivity contribution in [3.8, 4) is 5.75 Å². The van der Waals surface area contributed by atoms with Crippen molar-refractivity contribution in [3.05, 3.63) is 29.3 Å². The second kappa shape index (κ2) is 4.83. The molecule has 0 radical (unpaired) electrons. The second-order valence-corrected chi connectivity index (χ2v) is 3.60. The van der Waals surface area contributed by atoms with E-state index in [-0.39, 0.29) is 0 Å². The maximum absolute atomic E-state index is 12.4. The largest absolute Gasteiger partial charge is 0.508 e. The smallest absolute Gasteiger partial charge is 0.416 e. The minimum atomic E-state index is -4.73. The number of carbonyl (C=O) groups is 1. The van der Waals surface area contributed by atoms with Crippen molar-refractivity contribution in [1.82, 2.24) is 0 Å². The van der Waals surface area contributed by atoms with Gasteiger partial charge in [0.1, 0.15) is 11.9 Å². The molecule has 1 aromatic carbocycles. The van der Waals surface area contributed by atoms with E-state index in [1.54, 1.807) is 0 Å². The highest BCUT2D eigenvalue weighted by molar-refractivity contribution is 5.79. The van der Waals surface area contributed by atoms with Crippen LogP contribution in [0.4, 0.5) is 13.2 Å². The van der Waals surface area contributed by atoms with Crippen LogP contribution in [-0.2, 0) is 11.0 Å². The number of aromatic hydroxyl groups is 1. The van der Waals surface area contributed by atoms with Gasteiger partial charge < -0.3 is 21.1 Å². The first-order chi connectivity index (χ1) is 8.12. The van der Waals surface area contributed by atoms with E-state index < -0.39 is 41.2 Å². The number of hydrogen-bond donors (Lipinski definition) is 4. The standard InChI is InChI=1S/C10H10F3NO4/c11-10(12,13)5-1-4(2-6(15)3-5)7(16)8(17)9(14)18/h1-3,7-8,15-17H,(H2,14,18). The number of halogens is 3. The third-order valence-electron chi connectivity index (χ3n) is 2.20. The van der Waals surface area contributed by atoms with Crippen LogP contribution in [0.2, 0.25) is 0 Å². The van der Waals surface area contributed by atoms with E-state index in [4.69, 9.17) is 15.9 Å². The number of aliphatic hydroxyl groups excluding tert-OH is 2. The molecule has 1 amide bonds. The summed E-state index contributed by atoms with van der Waals surface area (Å²) in [6.07, 6.45) is -8.74. The summed E-state index contributed by atoms with van der Waals surface area (Å²) >= 11 is 0. The van der Waals surface area contributed by atoms with Gasteiger partial charge in [-0.3, -0.25) is 4.79 Å². The summed E-state index contributed by atoms with van der Waals surface area (Å²) in [5.41, 5.74) is 3.02. The molecule has 100 valence electrons. The summed E-state index contributed by atoms with van der Waals surface area (Å²) in [5, 5.41) is 27.7. The van der Waals surface area contributed by atoms with Crippen molar-refractivity contribution >= 4 is 5.91 Å². The minimum Gasteiger partial charge on any atom is -0.508 e. The van der Waals surface area contributed by atoms with Gasteiger partial charge >= 0.3 is 6.18 Å². The Morgan fingerprint density at radius 3 is 2.22 bits per heavy atom. The van der Waals surface area contributed by atoms with Crippen LogP contribution >= 0.6 is 0 Å². The van der Waals surface area contributed by atoms with Crippen LogP contribution in [0.3, 0.4) is 0 Å². The Morgan fingerprint density at radius 2 is 1.78 bits per heavy atom. The van der Waals surface area contributed by atoms with E-state index in [1.807, 2.05) is 0 Å².